The zero-order valence-corrected chi connectivity index (χ0v) is 19.8. The number of hydrogen-bond donors (Lipinski definition) is 1. The van der Waals surface area contributed by atoms with Gasteiger partial charge < -0.3 is 9.47 Å². The Morgan fingerprint density at radius 2 is 1.59 bits per heavy atom. The number of benzene rings is 2. The van der Waals surface area contributed by atoms with Crippen LogP contribution in [-0.4, -0.2) is 27.5 Å². The predicted molar refractivity (Wildman–Crippen MR) is 134 cm³/mol. The van der Waals surface area contributed by atoms with Crippen LogP contribution in [0.2, 0.25) is 0 Å². The molecule has 8 heteroatoms. The molecule has 172 valence electrons. The number of carbonyl (C=O) groups excluding carboxylic acids is 2. The number of hydrogen-bond acceptors (Lipinski definition) is 6. The van der Waals surface area contributed by atoms with Gasteiger partial charge in [-0.2, -0.15) is 0 Å². The third-order valence-electron chi connectivity index (χ3n) is 4.62. The Kier molecular flexibility index (Phi) is 6.43. The molecule has 4 rings (SSSR count). The average molecular weight is 474 g/mol. The maximum atomic E-state index is 13.3. The fraction of sp³-hybridized carbons (Fsp3) is 0.154. The molecule has 34 heavy (non-hydrogen) atoms. The van der Waals surface area contributed by atoms with E-state index in [0.717, 1.165) is 0 Å². The number of nitrogens with one attached hydrogen (secondary N) is 1. The lowest BCUT2D eigenvalue weighted by Crippen LogP contribution is -2.54. The monoisotopic (exact) mass is 473 g/mol. The number of ether oxygens (including phenoxy) is 2. The van der Waals surface area contributed by atoms with Crippen molar-refractivity contribution < 1.29 is 19.1 Å². The van der Waals surface area contributed by atoms with Gasteiger partial charge >= 0.3 is 0 Å². The molecule has 2 aromatic carbocycles. The molecule has 1 N–H and O–H groups in total. The number of carbonyl (C=O) groups is 2. The number of amides is 2. The van der Waals surface area contributed by atoms with Gasteiger partial charge in [0.2, 0.25) is 5.88 Å². The van der Waals surface area contributed by atoms with Crippen molar-refractivity contribution in [1.82, 2.24) is 10.3 Å². The molecular formula is C26H23N3O4S. The molecular weight excluding hydrogens is 450 g/mol. The summed E-state index contributed by atoms with van der Waals surface area (Å²) < 4.78 is 11.6. The first-order valence-electron chi connectivity index (χ1n) is 10.6. The molecule has 1 fully saturated rings. The topological polar surface area (TPSA) is 80.8 Å². The van der Waals surface area contributed by atoms with Crippen LogP contribution in [0.15, 0.2) is 78.4 Å². The van der Waals surface area contributed by atoms with Crippen LogP contribution < -0.4 is 19.7 Å². The standard InChI is InChI=1S/C26H23N3O4S/c1-26(2,3)33-22-11-7-8-17(27-22)16-21-23(30)28-25(34)29(24(21)31)18-12-14-20(15-13-18)32-19-9-5-4-6-10-19/h4-16H,1-3H3,(H,28,30,34). The average Bonchev–Trinajstić information content (AvgIpc) is 2.77. The van der Waals surface area contributed by atoms with E-state index in [4.69, 9.17) is 21.7 Å². The van der Waals surface area contributed by atoms with E-state index < -0.39 is 17.4 Å². The molecule has 0 aliphatic carbocycles. The molecule has 0 radical (unpaired) electrons. The lowest BCUT2D eigenvalue weighted by molar-refractivity contribution is -0.122. The van der Waals surface area contributed by atoms with Gasteiger partial charge in [0, 0.05) is 6.07 Å². The van der Waals surface area contributed by atoms with E-state index in [2.05, 4.69) is 10.3 Å². The lowest BCUT2D eigenvalue weighted by Gasteiger charge is -2.29. The van der Waals surface area contributed by atoms with Crippen molar-refractivity contribution in [3.63, 3.8) is 0 Å². The molecule has 1 aromatic heterocycles. The fourth-order valence-corrected chi connectivity index (χ4v) is 3.49. The Morgan fingerprint density at radius 1 is 0.912 bits per heavy atom. The van der Waals surface area contributed by atoms with Crippen molar-refractivity contribution in [3.8, 4) is 17.4 Å². The van der Waals surface area contributed by atoms with E-state index in [0.29, 0.717) is 28.8 Å². The van der Waals surface area contributed by atoms with Crippen LogP contribution in [0.3, 0.4) is 0 Å². The summed E-state index contributed by atoms with van der Waals surface area (Å²) >= 11 is 5.28. The zero-order valence-electron chi connectivity index (χ0n) is 18.9. The molecule has 7 nitrogen and oxygen atoms in total. The SMILES string of the molecule is CC(C)(C)Oc1cccc(C=C2C(=O)NC(=S)N(c3ccc(Oc4ccccc4)cc3)C2=O)n1. The van der Waals surface area contributed by atoms with Gasteiger partial charge in [-0.05, 0) is 81.5 Å². The number of thiocarbonyl (C=S) groups is 1. The van der Waals surface area contributed by atoms with Gasteiger partial charge in [-0.15, -0.1) is 0 Å². The smallest absolute Gasteiger partial charge is 0.270 e. The summed E-state index contributed by atoms with van der Waals surface area (Å²) in [5.41, 5.74) is 0.397. The number of nitrogens with zero attached hydrogens (tertiary/aromatic N) is 2. The highest BCUT2D eigenvalue weighted by Crippen LogP contribution is 2.27. The third kappa shape index (κ3) is 5.47. The number of para-hydroxylation sites is 1. The molecule has 1 aliphatic rings. The van der Waals surface area contributed by atoms with E-state index >= 15 is 0 Å². The van der Waals surface area contributed by atoms with E-state index in [9.17, 15) is 9.59 Å². The first-order chi connectivity index (χ1) is 16.2. The van der Waals surface area contributed by atoms with E-state index in [-0.39, 0.29) is 10.7 Å². The number of rotatable bonds is 5. The molecule has 0 bridgehead atoms. The van der Waals surface area contributed by atoms with Crippen molar-refractivity contribution in [1.29, 1.82) is 0 Å². The van der Waals surface area contributed by atoms with Gasteiger partial charge in [0.1, 0.15) is 22.7 Å². The van der Waals surface area contributed by atoms with Crippen molar-refractivity contribution >= 4 is 40.9 Å². The summed E-state index contributed by atoms with van der Waals surface area (Å²) in [6.07, 6.45) is 1.43. The second kappa shape index (κ2) is 9.44. The largest absolute Gasteiger partial charge is 0.472 e. The molecule has 0 unspecified atom stereocenters. The van der Waals surface area contributed by atoms with Gasteiger partial charge in [0.05, 0.1) is 11.4 Å². The molecule has 1 aliphatic heterocycles. The molecule has 3 aromatic rings. The van der Waals surface area contributed by atoms with E-state index in [1.54, 1.807) is 42.5 Å². The third-order valence-corrected chi connectivity index (χ3v) is 4.91. The van der Waals surface area contributed by atoms with Gasteiger partial charge in [-0.1, -0.05) is 24.3 Å². The van der Waals surface area contributed by atoms with Crippen LogP contribution in [-0.2, 0) is 9.59 Å². The Bertz CT molecular complexity index is 1270. The Hall–Kier alpha value is -4.04. The van der Waals surface area contributed by atoms with Crippen LogP contribution in [0.5, 0.6) is 17.4 Å². The van der Waals surface area contributed by atoms with Crippen molar-refractivity contribution in [2.45, 2.75) is 26.4 Å². The van der Waals surface area contributed by atoms with Crippen molar-refractivity contribution in [2.24, 2.45) is 0 Å². The zero-order chi connectivity index (χ0) is 24.3. The van der Waals surface area contributed by atoms with E-state index in [1.807, 2.05) is 51.1 Å². The number of anilines is 1. The quantitative estimate of drug-likeness (QED) is 0.323. The maximum absolute atomic E-state index is 13.3. The number of aromatic nitrogens is 1. The van der Waals surface area contributed by atoms with Crippen LogP contribution in [0.25, 0.3) is 6.08 Å². The Labute approximate surface area is 203 Å². The summed E-state index contributed by atoms with van der Waals surface area (Å²) in [6.45, 7) is 5.73. The fourth-order valence-electron chi connectivity index (χ4n) is 3.21. The summed E-state index contributed by atoms with van der Waals surface area (Å²) in [7, 11) is 0. The Morgan fingerprint density at radius 3 is 2.26 bits per heavy atom. The van der Waals surface area contributed by atoms with Gasteiger partial charge in [0.15, 0.2) is 5.11 Å². The molecule has 0 spiro atoms. The van der Waals surface area contributed by atoms with Crippen molar-refractivity contribution in [2.75, 3.05) is 4.90 Å². The summed E-state index contributed by atoms with van der Waals surface area (Å²) in [4.78, 5) is 31.5. The summed E-state index contributed by atoms with van der Waals surface area (Å²) in [5.74, 6) is 0.563. The minimum absolute atomic E-state index is 0.00153. The minimum atomic E-state index is -0.584. The van der Waals surface area contributed by atoms with Gasteiger partial charge in [0.25, 0.3) is 11.8 Å². The number of pyridine rings is 1. The van der Waals surface area contributed by atoms with Gasteiger partial charge in [-0.25, -0.2) is 4.98 Å². The minimum Gasteiger partial charge on any atom is -0.472 e. The second-order valence-corrected chi connectivity index (χ2v) is 8.87. The Balaban J connectivity index is 1.58. The normalized spacial score (nSPS) is 15.3. The summed E-state index contributed by atoms with van der Waals surface area (Å²) in [6, 6.07) is 21.4. The molecule has 2 amide bonds. The predicted octanol–water partition coefficient (Wildman–Crippen LogP) is 4.88. The second-order valence-electron chi connectivity index (χ2n) is 8.48. The first-order valence-corrected chi connectivity index (χ1v) is 11.0. The van der Waals surface area contributed by atoms with Gasteiger partial charge in [-0.3, -0.25) is 19.8 Å². The van der Waals surface area contributed by atoms with Crippen LogP contribution in [0.4, 0.5) is 5.69 Å². The highest BCUT2D eigenvalue weighted by Gasteiger charge is 2.34. The highest BCUT2D eigenvalue weighted by molar-refractivity contribution is 7.80. The van der Waals surface area contributed by atoms with Crippen LogP contribution in [0, 0.1) is 0 Å². The molecule has 1 saturated heterocycles. The molecule has 2 heterocycles. The van der Waals surface area contributed by atoms with Crippen LogP contribution >= 0.6 is 12.2 Å². The molecule has 0 atom stereocenters. The summed E-state index contributed by atoms with van der Waals surface area (Å²) in [5, 5.41) is 2.58. The highest BCUT2D eigenvalue weighted by atomic mass is 32.1. The lowest BCUT2D eigenvalue weighted by atomic mass is 10.1. The first kappa shape index (κ1) is 23.1. The maximum Gasteiger partial charge on any atom is 0.270 e. The van der Waals surface area contributed by atoms with Crippen molar-refractivity contribution in [3.05, 3.63) is 84.1 Å². The van der Waals surface area contributed by atoms with Crippen LogP contribution in [0.1, 0.15) is 26.5 Å². The van der Waals surface area contributed by atoms with E-state index in [1.165, 1.54) is 11.0 Å². The molecule has 0 saturated carbocycles.